The van der Waals surface area contributed by atoms with Gasteiger partial charge < -0.3 is 5.73 Å². The zero-order chi connectivity index (χ0) is 15.2. The monoisotopic (exact) mass is 341 g/mol. The van der Waals surface area contributed by atoms with Crippen molar-refractivity contribution >= 4 is 15.9 Å². The highest BCUT2D eigenvalue weighted by Crippen LogP contribution is 2.50. The van der Waals surface area contributed by atoms with Crippen molar-refractivity contribution in [1.29, 1.82) is 0 Å². The fraction of sp³-hybridized carbons (Fsp3) is 0.647. The van der Waals surface area contributed by atoms with Crippen LogP contribution in [0.1, 0.15) is 52.5 Å². The number of halogens is 2. The van der Waals surface area contributed by atoms with Gasteiger partial charge in [0.05, 0.1) is 0 Å². The molecule has 0 heterocycles. The molecule has 0 amide bonds. The van der Waals surface area contributed by atoms with E-state index in [-0.39, 0.29) is 22.2 Å². The van der Waals surface area contributed by atoms with E-state index in [4.69, 9.17) is 5.73 Å². The molecule has 112 valence electrons. The highest BCUT2D eigenvalue weighted by atomic mass is 79.9. The summed E-state index contributed by atoms with van der Waals surface area (Å²) in [6.07, 6.45) is 4.00. The average Bonchev–Trinajstić information content (AvgIpc) is 2.16. The van der Waals surface area contributed by atoms with Crippen molar-refractivity contribution < 1.29 is 4.39 Å². The molecule has 1 saturated carbocycles. The Balaban J connectivity index is 2.26. The lowest BCUT2D eigenvalue weighted by Gasteiger charge is -2.50. The second kappa shape index (κ2) is 5.10. The van der Waals surface area contributed by atoms with Crippen molar-refractivity contribution in [2.24, 2.45) is 16.6 Å². The van der Waals surface area contributed by atoms with Gasteiger partial charge in [0.2, 0.25) is 0 Å². The van der Waals surface area contributed by atoms with Gasteiger partial charge in [-0.3, -0.25) is 0 Å². The molecule has 1 aliphatic rings. The van der Waals surface area contributed by atoms with E-state index in [0.29, 0.717) is 0 Å². The van der Waals surface area contributed by atoms with E-state index in [1.165, 1.54) is 18.6 Å². The topological polar surface area (TPSA) is 26.0 Å². The van der Waals surface area contributed by atoms with Gasteiger partial charge in [-0.05, 0) is 54.2 Å². The molecule has 0 aliphatic heterocycles. The van der Waals surface area contributed by atoms with E-state index < -0.39 is 0 Å². The zero-order valence-corrected chi connectivity index (χ0v) is 14.5. The first-order valence-electron chi connectivity index (χ1n) is 7.23. The molecule has 0 radical (unpaired) electrons. The van der Waals surface area contributed by atoms with Crippen molar-refractivity contribution in [3.63, 3.8) is 0 Å². The van der Waals surface area contributed by atoms with E-state index in [9.17, 15) is 4.39 Å². The summed E-state index contributed by atoms with van der Waals surface area (Å²) < 4.78 is 14.0. The first kappa shape index (κ1) is 16.0. The molecule has 0 aromatic heterocycles. The van der Waals surface area contributed by atoms with Gasteiger partial charge in [0.1, 0.15) is 5.82 Å². The predicted molar refractivity (Wildman–Crippen MR) is 86.1 cm³/mol. The van der Waals surface area contributed by atoms with Crippen LogP contribution in [0.15, 0.2) is 22.7 Å². The van der Waals surface area contributed by atoms with Gasteiger partial charge in [-0.25, -0.2) is 4.39 Å². The van der Waals surface area contributed by atoms with Crippen molar-refractivity contribution in [2.45, 2.75) is 58.9 Å². The zero-order valence-electron chi connectivity index (χ0n) is 12.9. The van der Waals surface area contributed by atoms with E-state index in [1.54, 1.807) is 0 Å². The maximum absolute atomic E-state index is 13.2. The Bertz CT molecular complexity index is 492. The van der Waals surface area contributed by atoms with E-state index in [1.807, 2.05) is 6.07 Å². The fourth-order valence-electron chi connectivity index (χ4n) is 4.56. The minimum absolute atomic E-state index is 0.212. The molecular formula is C17H25BrFN. The van der Waals surface area contributed by atoms with Gasteiger partial charge in [0, 0.05) is 10.0 Å². The molecule has 1 aromatic carbocycles. The van der Waals surface area contributed by atoms with Crippen LogP contribution >= 0.6 is 15.9 Å². The largest absolute Gasteiger partial charge is 0.325 e. The van der Waals surface area contributed by atoms with Crippen molar-refractivity contribution in [3.8, 4) is 0 Å². The third kappa shape index (κ3) is 3.82. The summed E-state index contributed by atoms with van der Waals surface area (Å²) in [5, 5.41) is 0. The number of rotatable bonds is 2. The van der Waals surface area contributed by atoms with Crippen LogP contribution in [-0.2, 0) is 6.42 Å². The van der Waals surface area contributed by atoms with Gasteiger partial charge in [-0.15, -0.1) is 0 Å². The van der Waals surface area contributed by atoms with E-state index in [2.05, 4.69) is 43.6 Å². The molecule has 0 bridgehead atoms. The Morgan fingerprint density at radius 2 is 1.65 bits per heavy atom. The van der Waals surface area contributed by atoms with E-state index in [0.717, 1.165) is 29.3 Å². The summed E-state index contributed by atoms with van der Waals surface area (Å²) in [4.78, 5) is 0. The third-order valence-electron chi connectivity index (χ3n) is 4.18. The fourth-order valence-corrected chi connectivity index (χ4v) is 5.05. The molecule has 3 heteroatoms. The Morgan fingerprint density at radius 1 is 1.10 bits per heavy atom. The molecular weight excluding hydrogens is 317 g/mol. The number of hydrogen-bond acceptors (Lipinski definition) is 1. The van der Waals surface area contributed by atoms with Gasteiger partial charge in [-0.1, -0.05) is 49.7 Å². The maximum atomic E-state index is 13.2. The standard InChI is InChI=1S/C17H25BrFN/c1-15(2)9-16(3,4)11-17(20,10-15)8-12-5-6-13(19)7-14(12)18/h5-7H,8-11,20H2,1-4H3. The molecule has 2 N–H and O–H groups in total. The minimum Gasteiger partial charge on any atom is -0.325 e. The summed E-state index contributed by atoms with van der Waals surface area (Å²) in [6, 6.07) is 4.89. The molecule has 1 nitrogen and oxygen atoms in total. The lowest BCUT2D eigenvalue weighted by molar-refractivity contribution is 0.0486. The number of nitrogens with two attached hydrogens (primary N) is 1. The summed E-state index contributed by atoms with van der Waals surface area (Å²) in [6.45, 7) is 9.20. The second-order valence-corrected chi connectivity index (χ2v) is 8.99. The highest BCUT2D eigenvalue weighted by Gasteiger charge is 2.45. The van der Waals surface area contributed by atoms with Gasteiger partial charge in [-0.2, -0.15) is 0 Å². The molecule has 1 aliphatic carbocycles. The maximum Gasteiger partial charge on any atom is 0.124 e. The van der Waals surface area contributed by atoms with Crippen LogP contribution in [0.5, 0.6) is 0 Å². The summed E-state index contributed by atoms with van der Waals surface area (Å²) in [5.74, 6) is -0.212. The molecule has 0 unspecified atom stereocenters. The van der Waals surface area contributed by atoms with Crippen molar-refractivity contribution in [1.82, 2.24) is 0 Å². The van der Waals surface area contributed by atoms with Crippen LogP contribution in [-0.4, -0.2) is 5.54 Å². The quantitative estimate of drug-likeness (QED) is 0.798. The Morgan fingerprint density at radius 3 is 2.15 bits per heavy atom. The molecule has 2 rings (SSSR count). The lowest BCUT2D eigenvalue weighted by Crippen LogP contribution is -2.53. The minimum atomic E-state index is -0.217. The van der Waals surface area contributed by atoms with Crippen LogP contribution in [0.4, 0.5) is 4.39 Å². The average molecular weight is 342 g/mol. The summed E-state index contributed by atoms with van der Waals surface area (Å²) in [5.41, 5.74) is 8.12. The number of hydrogen-bond donors (Lipinski definition) is 1. The highest BCUT2D eigenvalue weighted by molar-refractivity contribution is 9.10. The smallest absolute Gasteiger partial charge is 0.124 e. The molecule has 1 fully saturated rings. The molecule has 0 saturated heterocycles. The Kier molecular flexibility index (Phi) is 4.07. The number of benzene rings is 1. The van der Waals surface area contributed by atoms with E-state index >= 15 is 0 Å². The summed E-state index contributed by atoms with van der Waals surface area (Å²) >= 11 is 3.46. The van der Waals surface area contributed by atoms with Crippen LogP contribution in [0.25, 0.3) is 0 Å². The third-order valence-corrected chi connectivity index (χ3v) is 4.91. The Hall–Kier alpha value is -0.410. The predicted octanol–water partition coefficient (Wildman–Crippen LogP) is 5.06. The summed E-state index contributed by atoms with van der Waals surface area (Å²) in [7, 11) is 0. The van der Waals surface area contributed by atoms with Crippen LogP contribution in [0.2, 0.25) is 0 Å². The van der Waals surface area contributed by atoms with Gasteiger partial charge in [0.15, 0.2) is 0 Å². The van der Waals surface area contributed by atoms with Crippen LogP contribution < -0.4 is 5.73 Å². The molecule has 0 spiro atoms. The molecule has 0 atom stereocenters. The molecule has 20 heavy (non-hydrogen) atoms. The van der Waals surface area contributed by atoms with Crippen LogP contribution in [0, 0.1) is 16.6 Å². The van der Waals surface area contributed by atoms with Crippen molar-refractivity contribution in [3.05, 3.63) is 34.1 Å². The first-order chi connectivity index (χ1) is 9.00. The molecule has 1 aromatic rings. The van der Waals surface area contributed by atoms with Gasteiger partial charge >= 0.3 is 0 Å². The second-order valence-electron chi connectivity index (χ2n) is 8.13. The normalized spacial score (nSPS) is 23.6. The lowest BCUT2D eigenvalue weighted by atomic mass is 9.57. The van der Waals surface area contributed by atoms with Crippen molar-refractivity contribution in [2.75, 3.05) is 0 Å². The van der Waals surface area contributed by atoms with Gasteiger partial charge in [0.25, 0.3) is 0 Å². The Labute approximate surface area is 130 Å². The first-order valence-corrected chi connectivity index (χ1v) is 8.03. The SMILES string of the molecule is CC1(C)CC(C)(C)CC(N)(Cc2ccc(F)cc2Br)C1. The van der Waals surface area contributed by atoms with Crippen LogP contribution in [0.3, 0.4) is 0 Å².